The Balaban J connectivity index is 1.67. The third-order valence-electron chi connectivity index (χ3n) is 5.72. The fraction of sp³-hybridized carbons (Fsp3) is 0.450. The molecule has 3 heterocycles. The van der Waals surface area contributed by atoms with E-state index in [2.05, 4.69) is 4.98 Å². The Hall–Kier alpha value is -2.83. The van der Waals surface area contributed by atoms with E-state index in [0.717, 1.165) is 25.7 Å². The molecule has 3 atom stereocenters. The first kappa shape index (κ1) is 17.6. The third-order valence-corrected chi connectivity index (χ3v) is 5.72. The van der Waals surface area contributed by atoms with Gasteiger partial charge >= 0.3 is 5.97 Å². The van der Waals surface area contributed by atoms with Crippen LogP contribution in [0.1, 0.15) is 42.5 Å². The molecule has 2 aromatic heterocycles. The Labute approximate surface area is 156 Å². The van der Waals surface area contributed by atoms with Gasteiger partial charge in [-0.3, -0.25) is 9.59 Å². The van der Waals surface area contributed by atoms with Gasteiger partial charge in [0.15, 0.2) is 0 Å². The number of carbonyl (C=O) groups is 2. The van der Waals surface area contributed by atoms with Crippen LogP contribution in [0.25, 0.3) is 11.5 Å². The zero-order chi connectivity index (χ0) is 19.0. The topological polar surface area (TPSA) is 92.6 Å². The summed E-state index contributed by atoms with van der Waals surface area (Å²) in [5, 5.41) is 0. The van der Waals surface area contributed by atoms with Gasteiger partial charge in [0.05, 0.1) is 19.1 Å². The van der Waals surface area contributed by atoms with E-state index in [-0.39, 0.29) is 17.5 Å². The van der Waals surface area contributed by atoms with Crippen molar-refractivity contribution in [1.29, 1.82) is 0 Å². The Morgan fingerprint density at radius 2 is 2.04 bits per heavy atom. The highest BCUT2D eigenvalue weighted by Crippen LogP contribution is 2.40. The highest BCUT2D eigenvalue weighted by molar-refractivity contribution is 5.97. The monoisotopic (exact) mass is 370 g/mol. The van der Waals surface area contributed by atoms with E-state index < -0.39 is 23.5 Å². The second kappa shape index (κ2) is 7.06. The summed E-state index contributed by atoms with van der Waals surface area (Å²) in [6, 6.07) is 5.96. The Morgan fingerprint density at radius 1 is 1.22 bits per heavy atom. The van der Waals surface area contributed by atoms with Gasteiger partial charge in [-0.25, -0.2) is 4.79 Å². The number of esters is 1. The average Bonchev–Trinajstić information content (AvgIpc) is 3.34. The first-order valence-corrected chi connectivity index (χ1v) is 9.28. The summed E-state index contributed by atoms with van der Waals surface area (Å²) in [6.07, 6.45) is 6.09. The molecule has 0 bridgehead atoms. The van der Waals surface area contributed by atoms with Crippen LogP contribution in [0.2, 0.25) is 0 Å². The van der Waals surface area contributed by atoms with Crippen molar-refractivity contribution >= 4 is 11.9 Å². The molecule has 27 heavy (non-hydrogen) atoms. The van der Waals surface area contributed by atoms with Gasteiger partial charge in [-0.2, -0.15) is 0 Å². The number of nitrogens with zero attached hydrogens (tertiary/aromatic N) is 1. The number of pyridine rings is 1. The lowest BCUT2D eigenvalue weighted by Gasteiger charge is -2.33. The quantitative estimate of drug-likeness (QED) is 0.839. The summed E-state index contributed by atoms with van der Waals surface area (Å²) in [6.45, 7) is 0. The van der Waals surface area contributed by atoms with E-state index in [1.54, 1.807) is 23.1 Å². The largest absolute Gasteiger partial charge is 0.467 e. The van der Waals surface area contributed by atoms with Crippen LogP contribution in [-0.4, -0.2) is 41.0 Å². The number of nitrogens with one attached hydrogen (secondary N) is 1. The molecule has 142 valence electrons. The van der Waals surface area contributed by atoms with Crippen molar-refractivity contribution < 1.29 is 18.7 Å². The number of ether oxygens (including phenoxy) is 1. The number of amides is 1. The summed E-state index contributed by atoms with van der Waals surface area (Å²) >= 11 is 0. The first-order valence-electron chi connectivity index (χ1n) is 9.28. The summed E-state index contributed by atoms with van der Waals surface area (Å²) in [7, 11) is 1.33. The van der Waals surface area contributed by atoms with Gasteiger partial charge in [-0.15, -0.1) is 0 Å². The van der Waals surface area contributed by atoms with Crippen LogP contribution in [-0.2, 0) is 9.53 Å². The van der Waals surface area contributed by atoms with Gasteiger partial charge < -0.3 is 19.0 Å². The number of hydrogen-bond acceptors (Lipinski definition) is 5. The predicted molar refractivity (Wildman–Crippen MR) is 97.1 cm³/mol. The molecule has 1 aliphatic carbocycles. The highest BCUT2D eigenvalue weighted by atomic mass is 16.5. The SMILES string of the molecule is COC(=O)C1CC2CCCCC2N1C(=O)c1ccc(-c2ccco2)[nH]c1=O. The van der Waals surface area contributed by atoms with Crippen LogP contribution >= 0.6 is 0 Å². The molecule has 2 fully saturated rings. The van der Waals surface area contributed by atoms with Crippen molar-refractivity contribution in [2.75, 3.05) is 7.11 Å². The van der Waals surface area contributed by atoms with Gasteiger partial charge in [0.2, 0.25) is 0 Å². The number of furan rings is 1. The van der Waals surface area contributed by atoms with Crippen molar-refractivity contribution in [1.82, 2.24) is 9.88 Å². The van der Waals surface area contributed by atoms with E-state index in [1.807, 2.05) is 0 Å². The molecule has 1 N–H and O–H groups in total. The lowest BCUT2D eigenvalue weighted by molar-refractivity contribution is -0.145. The molecule has 0 spiro atoms. The van der Waals surface area contributed by atoms with Gasteiger partial charge in [0, 0.05) is 6.04 Å². The Bertz CT molecular complexity index is 901. The molecule has 0 aromatic carbocycles. The van der Waals surface area contributed by atoms with E-state index in [4.69, 9.17) is 9.15 Å². The van der Waals surface area contributed by atoms with Crippen LogP contribution in [0.3, 0.4) is 0 Å². The van der Waals surface area contributed by atoms with Crippen molar-refractivity contribution in [3.63, 3.8) is 0 Å². The number of hydrogen-bond donors (Lipinski definition) is 1. The normalized spacial score (nSPS) is 24.5. The van der Waals surface area contributed by atoms with Crippen molar-refractivity contribution in [2.45, 2.75) is 44.2 Å². The number of fused-ring (bicyclic) bond motifs is 1. The molecular weight excluding hydrogens is 348 g/mol. The molecule has 2 aromatic rings. The fourth-order valence-corrected chi connectivity index (χ4v) is 4.46. The van der Waals surface area contributed by atoms with Crippen LogP contribution < -0.4 is 5.56 Å². The molecule has 1 saturated carbocycles. The molecule has 4 rings (SSSR count). The van der Waals surface area contributed by atoms with Gasteiger partial charge in [0.25, 0.3) is 11.5 Å². The smallest absolute Gasteiger partial charge is 0.328 e. The van der Waals surface area contributed by atoms with Gasteiger partial charge in [-0.05, 0) is 49.4 Å². The van der Waals surface area contributed by atoms with Crippen molar-refractivity contribution in [3.8, 4) is 11.5 Å². The van der Waals surface area contributed by atoms with E-state index >= 15 is 0 Å². The lowest BCUT2D eigenvalue weighted by atomic mass is 9.84. The summed E-state index contributed by atoms with van der Waals surface area (Å²) in [4.78, 5) is 42.4. The highest BCUT2D eigenvalue weighted by Gasteiger charge is 2.48. The lowest BCUT2D eigenvalue weighted by Crippen LogP contribution is -2.47. The summed E-state index contributed by atoms with van der Waals surface area (Å²) < 4.78 is 10.2. The molecule has 7 heteroatoms. The second-order valence-electron chi connectivity index (χ2n) is 7.19. The summed E-state index contributed by atoms with van der Waals surface area (Å²) in [5.74, 6) is -0.0197. The van der Waals surface area contributed by atoms with Gasteiger partial charge in [0.1, 0.15) is 17.4 Å². The van der Waals surface area contributed by atoms with Crippen molar-refractivity contribution in [3.05, 3.63) is 46.4 Å². The molecule has 2 aliphatic rings. The number of likely N-dealkylation sites (tertiary alicyclic amines) is 1. The number of rotatable bonds is 3. The minimum Gasteiger partial charge on any atom is -0.467 e. The second-order valence-corrected chi connectivity index (χ2v) is 7.19. The molecular formula is C20H22N2O5. The maximum atomic E-state index is 13.2. The number of aromatic amines is 1. The predicted octanol–water partition coefficient (Wildman–Crippen LogP) is 2.58. The number of aromatic nitrogens is 1. The van der Waals surface area contributed by atoms with Gasteiger partial charge in [-0.1, -0.05) is 12.8 Å². The first-order chi connectivity index (χ1) is 13.1. The molecule has 0 radical (unpaired) electrons. The summed E-state index contributed by atoms with van der Waals surface area (Å²) in [5.41, 5.74) is 0.0465. The third kappa shape index (κ3) is 3.07. The zero-order valence-corrected chi connectivity index (χ0v) is 15.1. The van der Waals surface area contributed by atoms with Crippen molar-refractivity contribution in [2.24, 2.45) is 5.92 Å². The van der Waals surface area contributed by atoms with Crippen LogP contribution in [0.15, 0.2) is 39.7 Å². The standard InChI is InChI=1S/C20H22N2O5/c1-26-20(25)16-11-12-5-2-3-6-15(12)22(16)19(24)13-8-9-14(21-18(13)23)17-7-4-10-27-17/h4,7-10,12,15-16H,2-3,5-6,11H2,1H3,(H,21,23). The van der Waals surface area contributed by atoms with E-state index in [1.165, 1.54) is 19.4 Å². The zero-order valence-electron chi connectivity index (χ0n) is 15.1. The number of carbonyl (C=O) groups excluding carboxylic acids is 2. The minimum atomic E-state index is -0.625. The molecule has 3 unspecified atom stereocenters. The minimum absolute atomic E-state index is 0.0144. The average molecular weight is 370 g/mol. The molecule has 1 aliphatic heterocycles. The fourth-order valence-electron chi connectivity index (χ4n) is 4.46. The molecule has 1 saturated heterocycles. The van der Waals surface area contributed by atoms with Crippen LogP contribution in [0.5, 0.6) is 0 Å². The maximum Gasteiger partial charge on any atom is 0.328 e. The molecule has 1 amide bonds. The van der Waals surface area contributed by atoms with E-state index in [9.17, 15) is 14.4 Å². The maximum absolute atomic E-state index is 13.2. The number of methoxy groups -OCH3 is 1. The Morgan fingerprint density at radius 3 is 2.74 bits per heavy atom. The Kier molecular flexibility index (Phi) is 4.59. The number of H-pyrrole nitrogens is 1. The van der Waals surface area contributed by atoms with Crippen LogP contribution in [0.4, 0.5) is 0 Å². The van der Waals surface area contributed by atoms with E-state index in [0.29, 0.717) is 17.9 Å². The van der Waals surface area contributed by atoms with Crippen LogP contribution in [0, 0.1) is 5.92 Å². The molecule has 7 nitrogen and oxygen atoms in total.